The molecule has 1 saturated carbocycles. The Hall–Kier alpha value is -1.62. The summed E-state index contributed by atoms with van der Waals surface area (Å²) >= 11 is 0. The van der Waals surface area contributed by atoms with E-state index in [1.165, 1.54) is 6.07 Å². The van der Waals surface area contributed by atoms with E-state index in [1.807, 2.05) is 10.6 Å². The van der Waals surface area contributed by atoms with Gasteiger partial charge in [-0.15, -0.1) is 0 Å². The smallest absolute Gasteiger partial charge is 0.201 e. The zero-order valence-electron chi connectivity index (χ0n) is 10.0. The van der Waals surface area contributed by atoms with Crippen LogP contribution in [0.2, 0.25) is 0 Å². The maximum atomic E-state index is 13.6. The molecular formula is C13H16FN3O. The first-order chi connectivity index (χ1) is 8.66. The Bertz CT molecular complexity index is 573. The molecule has 1 fully saturated rings. The number of imidazole rings is 1. The number of anilines is 1. The monoisotopic (exact) mass is 249 g/mol. The Morgan fingerprint density at radius 1 is 1.28 bits per heavy atom. The van der Waals surface area contributed by atoms with Gasteiger partial charge in [0, 0.05) is 6.04 Å². The summed E-state index contributed by atoms with van der Waals surface area (Å²) in [6.07, 6.45) is 3.02. The molecule has 2 aromatic rings. The normalized spacial score (nSPS) is 24.6. The maximum absolute atomic E-state index is 13.6. The number of nitrogen functional groups attached to an aromatic ring is 1. The molecule has 18 heavy (non-hydrogen) atoms. The number of fused-ring (bicyclic) bond motifs is 1. The molecule has 0 atom stereocenters. The first kappa shape index (κ1) is 11.5. The summed E-state index contributed by atoms with van der Waals surface area (Å²) in [4.78, 5) is 4.11. The summed E-state index contributed by atoms with van der Waals surface area (Å²) in [5.74, 6) is 0.0188. The molecule has 0 amide bonds. The maximum Gasteiger partial charge on any atom is 0.201 e. The zero-order valence-corrected chi connectivity index (χ0v) is 10.0. The lowest BCUT2D eigenvalue weighted by Crippen LogP contribution is -2.22. The molecule has 5 heteroatoms. The molecule has 0 unspecified atom stereocenters. The second-order valence-electron chi connectivity index (χ2n) is 4.91. The Morgan fingerprint density at radius 2 is 2.00 bits per heavy atom. The van der Waals surface area contributed by atoms with E-state index >= 15 is 0 Å². The van der Waals surface area contributed by atoms with Gasteiger partial charge in [0.25, 0.3) is 0 Å². The Kier molecular flexibility index (Phi) is 2.70. The summed E-state index contributed by atoms with van der Waals surface area (Å²) in [7, 11) is 0. The van der Waals surface area contributed by atoms with Crippen LogP contribution in [0.5, 0.6) is 0 Å². The number of para-hydroxylation sites is 1. The van der Waals surface area contributed by atoms with E-state index in [4.69, 9.17) is 5.73 Å². The van der Waals surface area contributed by atoms with Crippen LogP contribution in [0, 0.1) is 5.82 Å². The van der Waals surface area contributed by atoms with Crippen molar-refractivity contribution in [3.05, 3.63) is 24.0 Å². The van der Waals surface area contributed by atoms with E-state index in [-0.39, 0.29) is 18.0 Å². The first-order valence-corrected chi connectivity index (χ1v) is 6.27. The van der Waals surface area contributed by atoms with Crippen molar-refractivity contribution in [3.63, 3.8) is 0 Å². The topological polar surface area (TPSA) is 64.1 Å². The lowest BCUT2D eigenvalue weighted by molar-refractivity contribution is 0.112. The highest BCUT2D eigenvalue weighted by Crippen LogP contribution is 2.33. The molecule has 4 nitrogen and oxygen atoms in total. The first-order valence-electron chi connectivity index (χ1n) is 6.27. The van der Waals surface area contributed by atoms with Crippen LogP contribution in [0.4, 0.5) is 10.3 Å². The Morgan fingerprint density at radius 3 is 2.72 bits per heavy atom. The van der Waals surface area contributed by atoms with Crippen LogP contribution < -0.4 is 5.73 Å². The van der Waals surface area contributed by atoms with Crippen molar-refractivity contribution in [2.75, 3.05) is 5.73 Å². The standard InChI is InChI=1S/C13H16FN3O/c14-10-2-1-3-11-12(10)16-13(15)17(11)8-4-6-9(18)7-5-8/h1-3,8-9,18H,4-7H2,(H2,15,16). The van der Waals surface area contributed by atoms with Gasteiger partial charge in [-0.2, -0.15) is 0 Å². The van der Waals surface area contributed by atoms with Gasteiger partial charge < -0.3 is 15.4 Å². The van der Waals surface area contributed by atoms with Crippen molar-refractivity contribution in [1.82, 2.24) is 9.55 Å². The van der Waals surface area contributed by atoms with E-state index in [0.29, 0.717) is 11.5 Å². The van der Waals surface area contributed by atoms with Crippen molar-refractivity contribution in [3.8, 4) is 0 Å². The van der Waals surface area contributed by atoms with Crippen molar-refractivity contribution in [2.24, 2.45) is 0 Å². The molecule has 3 N–H and O–H groups in total. The number of aromatic nitrogens is 2. The minimum atomic E-state index is -0.339. The fourth-order valence-electron chi connectivity index (χ4n) is 2.80. The molecule has 1 aromatic heterocycles. The fraction of sp³-hybridized carbons (Fsp3) is 0.462. The molecule has 1 aliphatic carbocycles. The van der Waals surface area contributed by atoms with Gasteiger partial charge in [-0.25, -0.2) is 9.37 Å². The third-order valence-corrected chi connectivity index (χ3v) is 3.73. The van der Waals surface area contributed by atoms with Crippen LogP contribution in [-0.2, 0) is 0 Å². The molecule has 0 radical (unpaired) electrons. The quantitative estimate of drug-likeness (QED) is 0.814. The number of hydrogen-bond donors (Lipinski definition) is 2. The molecular weight excluding hydrogens is 233 g/mol. The van der Waals surface area contributed by atoms with Gasteiger partial charge in [0.05, 0.1) is 11.6 Å². The van der Waals surface area contributed by atoms with Crippen LogP contribution in [0.3, 0.4) is 0 Å². The molecule has 96 valence electrons. The molecule has 3 rings (SSSR count). The predicted molar refractivity (Wildman–Crippen MR) is 67.6 cm³/mol. The number of aliphatic hydroxyl groups is 1. The molecule has 1 aromatic carbocycles. The lowest BCUT2D eigenvalue weighted by atomic mass is 9.93. The SMILES string of the molecule is Nc1nc2c(F)cccc2n1C1CCC(O)CC1. The van der Waals surface area contributed by atoms with Crippen molar-refractivity contribution >= 4 is 17.0 Å². The predicted octanol–water partition coefficient (Wildman–Crippen LogP) is 2.23. The number of hydrogen-bond acceptors (Lipinski definition) is 3. The van der Waals surface area contributed by atoms with Gasteiger partial charge in [-0.3, -0.25) is 0 Å². The fourth-order valence-corrected chi connectivity index (χ4v) is 2.80. The third kappa shape index (κ3) is 1.75. The van der Waals surface area contributed by atoms with E-state index in [9.17, 15) is 9.50 Å². The van der Waals surface area contributed by atoms with Crippen molar-refractivity contribution in [2.45, 2.75) is 37.8 Å². The number of nitrogens with two attached hydrogens (primary N) is 1. The Balaban J connectivity index is 2.06. The molecule has 0 aliphatic heterocycles. The average molecular weight is 249 g/mol. The molecule has 0 spiro atoms. The summed E-state index contributed by atoms with van der Waals surface area (Å²) in [6.45, 7) is 0. The largest absolute Gasteiger partial charge is 0.393 e. The van der Waals surface area contributed by atoms with Gasteiger partial charge in [-0.05, 0) is 37.8 Å². The van der Waals surface area contributed by atoms with Gasteiger partial charge in [0.1, 0.15) is 5.52 Å². The summed E-state index contributed by atoms with van der Waals surface area (Å²) in [6, 6.07) is 5.11. The number of nitrogens with zero attached hydrogens (tertiary/aromatic N) is 2. The highest BCUT2D eigenvalue weighted by molar-refractivity contribution is 5.79. The second-order valence-corrected chi connectivity index (χ2v) is 4.91. The Labute approximate surface area is 104 Å². The average Bonchev–Trinajstić information content (AvgIpc) is 2.69. The van der Waals surface area contributed by atoms with Crippen LogP contribution in [0.15, 0.2) is 18.2 Å². The minimum absolute atomic E-state index is 0.209. The molecule has 1 aliphatic rings. The van der Waals surface area contributed by atoms with Crippen LogP contribution in [0.1, 0.15) is 31.7 Å². The van der Waals surface area contributed by atoms with E-state index in [2.05, 4.69) is 4.98 Å². The van der Waals surface area contributed by atoms with Gasteiger partial charge in [-0.1, -0.05) is 6.07 Å². The second kappa shape index (κ2) is 4.24. The third-order valence-electron chi connectivity index (χ3n) is 3.73. The number of benzene rings is 1. The molecule has 0 bridgehead atoms. The van der Waals surface area contributed by atoms with Gasteiger partial charge in [0.15, 0.2) is 5.82 Å². The highest BCUT2D eigenvalue weighted by Gasteiger charge is 2.24. The minimum Gasteiger partial charge on any atom is -0.393 e. The van der Waals surface area contributed by atoms with E-state index < -0.39 is 0 Å². The van der Waals surface area contributed by atoms with Gasteiger partial charge >= 0.3 is 0 Å². The highest BCUT2D eigenvalue weighted by atomic mass is 19.1. The van der Waals surface area contributed by atoms with Gasteiger partial charge in [0.2, 0.25) is 5.95 Å². The summed E-state index contributed by atoms with van der Waals surface area (Å²) in [5, 5.41) is 9.54. The van der Waals surface area contributed by atoms with Crippen LogP contribution in [0.25, 0.3) is 11.0 Å². The van der Waals surface area contributed by atoms with E-state index in [1.54, 1.807) is 6.07 Å². The summed E-state index contributed by atoms with van der Waals surface area (Å²) < 4.78 is 15.5. The van der Waals surface area contributed by atoms with Crippen LogP contribution in [-0.4, -0.2) is 20.8 Å². The van der Waals surface area contributed by atoms with Crippen molar-refractivity contribution < 1.29 is 9.50 Å². The molecule has 1 heterocycles. The number of rotatable bonds is 1. The zero-order chi connectivity index (χ0) is 12.7. The number of aliphatic hydroxyl groups excluding tert-OH is 1. The number of halogens is 1. The summed E-state index contributed by atoms with van der Waals surface area (Å²) in [5.41, 5.74) is 6.99. The lowest BCUT2D eigenvalue weighted by Gasteiger charge is -2.27. The molecule has 0 saturated heterocycles. The van der Waals surface area contributed by atoms with Crippen molar-refractivity contribution in [1.29, 1.82) is 0 Å². The van der Waals surface area contributed by atoms with E-state index in [0.717, 1.165) is 31.2 Å². The van der Waals surface area contributed by atoms with Crippen LogP contribution >= 0.6 is 0 Å².